The molecule has 5 heteroatoms. The van der Waals surface area contributed by atoms with Crippen molar-refractivity contribution in [2.45, 2.75) is 46.1 Å². The molecule has 2 rings (SSSR count). The summed E-state index contributed by atoms with van der Waals surface area (Å²) in [4.78, 5) is 22.4. The second kappa shape index (κ2) is 5.15. The number of amides is 1. The van der Waals surface area contributed by atoms with Crippen LogP contribution < -0.4 is 5.73 Å². The third-order valence-corrected chi connectivity index (χ3v) is 3.42. The van der Waals surface area contributed by atoms with E-state index in [4.69, 9.17) is 5.73 Å². The Bertz CT molecular complexity index is 467. The Hall–Kier alpha value is -1.65. The van der Waals surface area contributed by atoms with E-state index in [9.17, 15) is 4.79 Å². The van der Waals surface area contributed by atoms with Crippen LogP contribution in [-0.2, 0) is 0 Å². The highest BCUT2D eigenvalue weighted by molar-refractivity contribution is 5.96. The molecule has 0 aliphatic carbocycles. The number of hydrogen-bond acceptors (Lipinski definition) is 4. The quantitative estimate of drug-likeness (QED) is 0.886. The number of nitrogens with zero attached hydrogens (tertiary/aromatic N) is 3. The van der Waals surface area contributed by atoms with Gasteiger partial charge in [0.25, 0.3) is 5.91 Å². The normalized spacial score (nSPS) is 19.7. The summed E-state index contributed by atoms with van der Waals surface area (Å²) in [5.41, 5.74) is 6.23. The summed E-state index contributed by atoms with van der Waals surface area (Å²) in [6, 6.07) is 0.286. The van der Waals surface area contributed by atoms with E-state index in [1.54, 1.807) is 0 Å². The highest BCUT2D eigenvalue weighted by Crippen LogP contribution is 2.30. The Kier molecular flexibility index (Phi) is 3.73. The smallest absolute Gasteiger partial charge is 0.276 e. The van der Waals surface area contributed by atoms with Crippen LogP contribution >= 0.6 is 0 Å². The van der Waals surface area contributed by atoms with Crippen LogP contribution in [0.4, 0.5) is 5.82 Å². The molecule has 1 saturated heterocycles. The molecule has 2 N–H and O–H groups in total. The average Bonchev–Trinajstić information content (AvgIpc) is 2.74. The van der Waals surface area contributed by atoms with Gasteiger partial charge < -0.3 is 10.6 Å². The summed E-state index contributed by atoms with van der Waals surface area (Å²) >= 11 is 0. The van der Waals surface area contributed by atoms with E-state index in [0.717, 1.165) is 25.8 Å². The molecule has 0 bridgehead atoms. The van der Waals surface area contributed by atoms with Crippen LogP contribution in [0.25, 0.3) is 0 Å². The first-order chi connectivity index (χ1) is 8.88. The van der Waals surface area contributed by atoms with Gasteiger partial charge in [-0.1, -0.05) is 20.8 Å². The average molecular weight is 262 g/mol. The Balaban J connectivity index is 2.17. The molecule has 1 fully saturated rings. The molecule has 1 unspecified atom stereocenters. The molecular weight excluding hydrogens is 240 g/mol. The van der Waals surface area contributed by atoms with E-state index < -0.39 is 0 Å². The fourth-order valence-electron chi connectivity index (χ4n) is 2.67. The van der Waals surface area contributed by atoms with E-state index in [-0.39, 0.29) is 28.9 Å². The van der Waals surface area contributed by atoms with Gasteiger partial charge in [0.05, 0.1) is 0 Å². The van der Waals surface area contributed by atoms with Crippen LogP contribution in [0.2, 0.25) is 0 Å². The molecular formula is C14H22N4O. The maximum absolute atomic E-state index is 12.5. The molecule has 1 aliphatic heterocycles. The zero-order valence-electron chi connectivity index (χ0n) is 11.9. The highest BCUT2D eigenvalue weighted by Gasteiger charge is 2.33. The van der Waals surface area contributed by atoms with Crippen LogP contribution in [0.1, 0.15) is 50.5 Å². The highest BCUT2D eigenvalue weighted by atomic mass is 16.2. The molecule has 5 nitrogen and oxygen atoms in total. The molecule has 0 spiro atoms. The second-order valence-electron chi connectivity index (χ2n) is 6.35. The van der Waals surface area contributed by atoms with Crippen molar-refractivity contribution in [3.8, 4) is 0 Å². The predicted octanol–water partition coefficient (Wildman–Crippen LogP) is 2.10. The topological polar surface area (TPSA) is 72.1 Å². The van der Waals surface area contributed by atoms with Crippen LogP contribution in [0.3, 0.4) is 0 Å². The summed E-state index contributed by atoms with van der Waals surface area (Å²) in [6.45, 7) is 7.38. The van der Waals surface area contributed by atoms with E-state index >= 15 is 0 Å². The first-order valence-electron chi connectivity index (χ1n) is 6.76. The van der Waals surface area contributed by atoms with E-state index in [1.807, 2.05) is 4.90 Å². The van der Waals surface area contributed by atoms with E-state index in [1.165, 1.54) is 12.4 Å². The van der Waals surface area contributed by atoms with Crippen molar-refractivity contribution >= 4 is 11.7 Å². The molecule has 1 aromatic heterocycles. The molecule has 0 saturated carbocycles. The zero-order chi connectivity index (χ0) is 14.0. The lowest BCUT2D eigenvalue weighted by atomic mass is 9.87. The summed E-state index contributed by atoms with van der Waals surface area (Å²) in [7, 11) is 0. The van der Waals surface area contributed by atoms with Crippen molar-refractivity contribution in [2.75, 3.05) is 12.3 Å². The Morgan fingerprint density at radius 2 is 2.11 bits per heavy atom. The maximum atomic E-state index is 12.5. The molecule has 2 heterocycles. The van der Waals surface area contributed by atoms with Gasteiger partial charge in [-0.15, -0.1) is 0 Å². The summed E-state index contributed by atoms with van der Waals surface area (Å²) in [5, 5.41) is 0. The van der Waals surface area contributed by atoms with Crippen molar-refractivity contribution < 1.29 is 4.79 Å². The van der Waals surface area contributed by atoms with Crippen molar-refractivity contribution in [1.29, 1.82) is 0 Å². The number of rotatable bonds is 2. The lowest BCUT2D eigenvalue weighted by Crippen LogP contribution is -2.38. The fourth-order valence-corrected chi connectivity index (χ4v) is 2.67. The largest absolute Gasteiger partial charge is 0.382 e. The van der Waals surface area contributed by atoms with E-state index in [2.05, 4.69) is 30.7 Å². The van der Waals surface area contributed by atoms with Gasteiger partial charge in [0.15, 0.2) is 11.5 Å². The van der Waals surface area contributed by atoms with Gasteiger partial charge in [-0.3, -0.25) is 4.79 Å². The number of nitrogen functional groups attached to an aromatic ring is 1. The van der Waals surface area contributed by atoms with Gasteiger partial charge in [0, 0.05) is 25.0 Å². The second-order valence-corrected chi connectivity index (χ2v) is 6.35. The third-order valence-electron chi connectivity index (χ3n) is 3.42. The van der Waals surface area contributed by atoms with Gasteiger partial charge >= 0.3 is 0 Å². The van der Waals surface area contributed by atoms with Gasteiger partial charge in [-0.05, 0) is 24.7 Å². The minimum absolute atomic E-state index is 0.0858. The zero-order valence-corrected chi connectivity index (χ0v) is 11.9. The number of likely N-dealkylation sites (tertiary alicyclic amines) is 1. The van der Waals surface area contributed by atoms with Gasteiger partial charge in [-0.2, -0.15) is 0 Å². The number of hydrogen-bond donors (Lipinski definition) is 1. The molecule has 1 aliphatic rings. The van der Waals surface area contributed by atoms with Gasteiger partial charge in [-0.25, -0.2) is 9.97 Å². The molecule has 1 amide bonds. The van der Waals surface area contributed by atoms with E-state index in [0.29, 0.717) is 0 Å². The number of carbonyl (C=O) groups is 1. The summed E-state index contributed by atoms with van der Waals surface area (Å²) in [5.74, 6) is 0.131. The first kappa shape index (κ1) is 13.8. The fraction of sp³-hybridized carbons (Fsp3) is 0.643. The standard InChI is InChI=1S/C14H22N4O/c1-14(2,3)9-10-5-4-8-18(10)13(19)11-12(15)17-7-6-16-11/h6-7,10H,4-5,8-9H2,1-3H3,(H2,15,17). The lowest BCUT2D eigenvalue weighted by Gasteiger charge is -2.30. The molecule has 1 atom stereocenters. The van der Waals surface area contributed by atoms with Crippen molar-refractivity contribution in [3.63, 3.8) is 0 Å². The van der Waals surface area contributed by atoms with Crippen molar-refractivity contribution in [2.24, 2.45) is 5.41 Å². The Morgan fingerprint density at radius 1 is 1.42 bits per heavy atom. The molecule has 0 radical (unpaired) electrons. The number of carbonyl (C=O) groups excluding carboxylic acids is 1. The van der Waals surface area contributed by atoms with Crippen molar-refractivity contribution in [1.82, 2.24) is 14.9 Å². The van der Waals surface area contributed by atoms with Crippen LogP contribution in [-0.4, -0.2) is 33.4 Å². The summed E-state index contributed by atoms with van der Waals surface area (Å²) in [6.07, 6.45) is 6.12. The van der Waals surface area contributed by atoms with Crippen LogP contribution in [0.5, 0.6) is 0 Å². The Morgan fingerprint density at radius 3 is 2.74 bits per heavy atom. The third kappa shape index (κ3) is 3.22. The maximum Gasteiger partial charge on any atom is 0.276 e. The number of nitrogens with two attached hydrogens (primary N) is 1. The summed E-state index contributed by atoms with van der Waals surface area (Å²) < 4.78 is 0. The first-order valence-corrected chi connectivity index (χ1v) is 6.76. The van der Waals surface area contributed by atoms with Crippen LogP contribution in [0, 0.1) is 5.41 Å². The predicted molar refractivity (Wildman–Crippen MR) is 74.6 cm³/mol. The van der Waals surface area contributed by atoms with Crippen molar-refractivity contribution in [3.05, 3.63) is 18.1 Å². The minimum Gasteiger partial charge on any atom is -0.382 e. The number of anilines is 1. The van der Waals surface area contributed by atoms with Gasteiger partial charge in [0.2, 0.25) is 0 Å². The Labute approximate surface area is 114 Å². The van der Waals surface area contributed by atoms with Crippen LogP contribution in [0.15, 0.2) is 12.4 Å². The molecule has 0 aromatic carbocycles. The molecule has 1 aromatic rings. The lowest BCUT2D eigenvalue weighted by molar-refractivity contribution is 0.0699. The van der Waals surface area contributed by atoms with Gasteiger partial charge in [0.1, 0.15) is 0 Å². The molecule has 19 heavy (non-hydrogen) atoms. The SMILES string of the molecule is CC(C)(C)CC1CCCN1C(=O)c1nccnc1N. The number of aromatic nitrogens is 2. The monoisotopic (exact) mass is 262 g/mol. The molecule has 104 valence electrons. The minimum atomic E-state index is -0.0858.